The van der Waals surface area contributed by atoms with Crippen LogP contribution in [0.4, 0.5) is 0 Å². The van der Waals surface area contributed by atoms with Gasteiger partial charge in [0.05, 0.1) is 17.2 Å². The first kappa shape index (κ1) is 23.6. The van der Waals surface area contributed by atoms with Crippen molar-refractivity contribution < 1.29 is 9.59 Å². The number of carbonyl (C=O) groups excluding carboxylic acids is 2. The third-order valence-electron chi connectivity index (χ3n) is 6.09. The lowest BCUT2D eigenvalue weighted by atomic mass is 9.70. The third kappa shape index (κ3) is 5.46. The largest absolute Gasteiger partial charge is 0.282 e. The maximum absolute atomic E-state index is 13.0. The number of amides is 2. The Balaban J connectivity index is 2.10. The number of likely N-dealkylation sites (tertiary alicyclic amines) is 1. The number of nitrogens with zero attached hydrogens (tertiary/aromatic N) is 4. The second-order valence-electron chi connectivity index (χ2n) is 12.2. The van der Waals surface area contributed by atoms with E-state index in [2.05, 4.69) is 79.5 Å². The minimum absolute atomic E-state index is 0.00796. The van der Waals surface area contributed by atoms with E-state index in [1.807, 2.05) is 10.9 Å². The van der Waals surface area contributed by atoms with E-state index in [0.29, 0.717) is 13.0 Å². The van der Waals surface area contributed by atoms with Gasteiger partial charge in [0.2, 0.25) is 11.8 Å². The Bertz CT molecular complexity index is 763. The molecule has 0 radical (unpaired) electrons. The van der Waals surface area contributed by atoms with Crippen LogP contribution in [0.25, 0.3) is 0 Å². The van der Waals surface area contributed by atoms with Crippen LogP contribution in [0.5, 0.6) is 0 Å². The molecule has 29 heavy (non-hydrogen) atoms. The van der Waals surface area contributed by atoms with Gasteiger partial charge in [-0.2, -0.15) is 0 Å². The summed E-state index contributed by atoms with van der Waals surface area (Å²) in [6.07, 6.45) is 4.07. The van der Waals surface area contributed by atoms with Gasteiger partial charge in [0.15, 0.2) is 0 Å². The molecule has 1 fully saturated rings. The van der Waals surface area contributed by atoms with Crippen LogP contribution in [0.1, 0.15) is 94.2 Å². The maximum Gasteiger partial charge on any atom is 0.233 e. The normalized spacial score (nSPS) is 19.4. The molecule has 1 aliphatic rings. The highest BCUT2D eigenvalue weighted by molar-refractivity contribution is 6.03. The van der Waals surface area contributed by atoms with Crippen molar-refractivity contribution >= 4 is 11.8 Å². The van der Waals surface area contributed by atoms with Crippen molar-refractivity contribution in [1.29, 1.82) is 0 Å². The van der Waals surface area contributed by atoms with Crippen LogP contribution in [-0.4, -0.2) is 38.3 Å². The predicted octanol–water partition coefficient (Wildman–Crippen LogP) is 4.54. The van der Waals surface area contributed by atoms with Crippen molar-refractivity contribution in [1.82, 2.24) is 19.9 Å². The zero-order valence-corrected chi connectivity index (χ0v) is 20.1. The minimum Gasteiger partial charge on any atom is -0.282 e. The van der Waals surface area contributed by atoms with Crippen LogP contribution >= 0.6 is 0 Å². The number of hydrogen-bond acceptors (Lipinski definition) is 4. The third-order valence-corrected chi connectivity index (χ3v) is 6.09. The Morgan fingerprint density at radius 2 is 1.55 bits per heavy atom. The van der Waals surface area contributed by atoms with Crippen molar-refractivity contribution in [3.63, 3.8) is 0 Å². The summed E-state index contributed by atoms with van der Waals surface area (Å²) in [5.74, 6) is -0.291. The standard InChI is InChI=1S/C23H40N4O2/c1-20(2,3)15-26-18(28)13-16(19(26)29)22(7,8)11-12-23(9,10)17-14-27(25-24-17)21(4,5)6/h14,16H,11-13,15H2,1-10H3. The fourth-order valence-corrected chi connectivity index (χ4v) is 3.77. The molecule has 1 atom stereocenters. The van der Waals surface area contributed by atoms with Crippen LogP contribution in [0.2, 0.25) is 0 Å². The number of carbonyl (C=O) groups is 2. The Kier molecular flexibility index (Phi) is 6.10. The molecule has 0 bridgehead atoms. The first-order chi connectivity index (χ1) is 12.9. The Morgan fingerprint density at radius 1 is 0.966 bits per heavy atom. The van der Waals surface area contributed by atoms with Crippen LogP contribution < -0.4 is 0 Å². The summed E-state index contributed by atoms with van der Waals surface area (Å²) < 4.78 is 1.90. The molecule has 1 saturated heterocycles. The van der Waals surface area contributed by atoms with Crippen molar-refractivity contribution in [2.75, 3.05) is 6.54 Å². The van der Waals surface area contributed by atoms with E-state index in [1.165, 1.54) is 4.90 Å². The molecule has 0 aliphatic carbocycles. The SMILES string of the molecule is CC(C)(C)CN1C(=O)CC(C(C)(C)CCC(C)(C)c2cn(C(C)(C)C)nn2)C1=O. The van der Waals surface area contributed by atoms with Gasteiger partial charge in [0.25, 0.3) is 0 Å². The smallest absolute Gasteiger partial charge is 0.233 e. The number of aromatic nitrogens is 3. The molecular weight excluding hydrogens is 364 g/mol. The zero-order valence-electron chi connectivity index (χ0n) is 20.1. The summed E-state index contributed by atoms with van der Waals surface area (Å²) in [7, 11) is 0. The molecule has 1 unspecified atom stereocenters. The number of hydrogen-bond donors (Lipinski definition) is 0. The van der Waals surface area contributed by atoms with Crippen LogP contribution in [0.15, 0.2) is 6.20 Å². The first-order valence-corrected chi connectivity index (χ1v) is 10.7. The van der Waals surface area contributed by atoms with Crippen molar-refractivity contribution in [2.45, 2.75) is 99.5 Å². The summed E-state index contributed by atoms with van der Waals surface area (Å²) in [4.78, 5) is 27.0. The molecule has 1 aromatic rings. The molecule has 164 valence electrons. The lowest BCUT2D eigenvalue weighted by Gasteiger charge is -2.34. The molecule has 0 aromatic carbocycles. The zero-order chi connectivity index (χ0) is 22.4. The average molecular weight is 405 g/mol. The van der Waals surface area contributed by atoms with Gasteiger partial charge in [-0.1, -0.05) is 53.7 Å². The van der Waals surface area contributed by atoms with Crippen molar-refractivity contribution in [2.24, 2.45) is 16.7 Å². The molecule has 2 amide bonds. The fraction of sp³-hybridized carbons (Fsp3) is 0.826. The van der Waals surface area contributed by atoms with Gasteiger partial charge in [-0.3, -0.25) is 14.5 Å². The second kappa shape index (κ2) is 7.51. The molecule has 0 saturated carbocycles. The number of imide groups is 1. The first-order valence-electron chi connectivity index (χ1n) is 10.7. The Hall–Kier alpha value is -1.72. The van der Waals surface area contributed by atoms with E-state index >= 15 is 0 Å². The fourth-order valence-electron chi connectivity index (χ4n) is 3.77. The summed E-state index contributed by atoms with van der Waals surface area (Å²) in [5, 5.41) is 8.72. The predicted molar refractivity (Wildman–Crippen MR) is 115 cm³/mol. The van der Waals surface area contributed by atoms with Gasteiger partial charge in [0.1, 0.15) is 0 Å². The lowest BCUT2D eigenvalue weighted by Crippen LogP contribution is -2.40. The molecule has 0 N–H and O–H groups in total. The van der Waals surface area contributed by atoms with E-state index in [-0.39, 0.29) is 39.5 Å². The van der Waals surface area contributed by atoms with Gasteiger partial charge < -0.3 is 0 Å². The van der Waals surface area contributed by atoms with E-state index in [9.17, 15) is 9.59 Å². The summed E-state index contributed by atoms with van der Waals surface area (Å²) >= 11 is 0. The van der Waals surface area contributed by atoms with E-state index in [1.54, 1.807) is 0 Å². The average Bonchev–Trinajstić information content (AvgIpc) is 3.14. The van der Waals surface area contributed by atoms with E-state index in [4.69, 9.17) is 0 Å². The highest BCUT2D eigenvalue weighted by Crippen LogP contribution is 2.43. The summed E-state index contributed by atoms with van der Waals surface area (Å²) in [6, 6.07) is 0. The van der Waals surface area contributed by atoms with E-state index < -0.39 is 0 Å². The molecule has 0 spiro atoms. The molecular formula is C23H40N4O2. The van der Waals surface area contributed by atoms with Crippen LogP contribution in [0, 0.1) is 16.7 Å². The van der Waals surface area contributed by atoms with Crippen LogP contribution in [0.3, 0.4) is 0 Å². The molecule has 2 heterocycles. The van der Waals surface area contributed by atoms with Crippen molar-refractivity contribution in [3.05, 3.63) is 11.9 Å². The lowest BCUT2D eigenvalue weighted by molar-refractivity contribution is -0.142. The summed E-state index contributed by atoms with van der Waals surface area (Å²) in [6.45, 7) is 21.5. The quantitative estimate of drug-likeness (QED) is 0.653. The van der Waals surface area contributed by atoms with Gasteiger partial charge in [-0.15, -0.1) is 5.10 Å². The molecule has 1 aliphatic heterocycles. The minimum atomic E-state index is -0.253. The molecule has 6 nitrogen and oxygen atoms in total. The van der Waals surface area contributed by atoms with E-state index in [0.717, 1.165) is 18.5 Å². The molecule has 2 rings (SSSR count). The maximum atomic E-state index is 13.0. The molecule has 6 heteroatoms. The molecule has 1 aromatic heterocycles. The second-order valence-corrected chi connectivity index (χ2v) is 12.2. The Labute approximate surface area is 176 Å². The van der Waals surface area contributed by atoms with Crippen molar-refractivity contribution in [3.8, 4) is 0 Å². The topological polar surface area (TPSA) is 68.1 Å². The summed E-state index contributed by atoms with van der Waals surface area (Å²) in [5.41, 5.74) is 0.360. The highest BCUT2D eigenvalue weighted by Gasteiger charge is 2.47. The highest BCUT2D eigenvalue weighted by atomic mass is 16.2. The Morgan fingerprint density at radius 3 is 2.03 bits per heavy atom. The van der Waals surface area contributed by atoms with Gasteiger partial charge in [0, 0.05) is 24.6 Å². The monoisotopic (exact) mass is 404 g/mol. The van der Waals surface area contributed by atoms with Crippen LogP contribution in [-0.2, 0) is 20.5 Å². The number of rotatable bonds is 6. The van der Waals surface area contributed by atoms with Gasteiger partial charge >= 0.3 is 0 Å². The van der Waals surface area contributed by atoms with Gasteiger partial charge in [-0.05, 0) is 44.4 Å². The van der Waals surface area contributed by atoms with Gasteiger partial charge in [-0.25, -0.2) is 4.68 Å².